The topological polar surface area (TPSA) is 88.3 Å². The van der Waals surface area contributed by atoms with Crippen molar-refractivity contribution in [2.45, 2.75) is 44.1 Å². The van der Waals surface area contributed by atoms with E-state index in [0.29, 0.717) is 46.1 Å². The van der Waals surface area contributed by atoms with Gasteiger partial charge in [0.05, 0.1) is 15.3 Å². The van der Waals surface area contributed by atoms with E-state index in [-0.39, 0.29) is 29.4 Å². The third kappa shape index (κ3) is 4.28. The molecule has 2 aromatic heterocycles. The van der Waals surface area contributed by atoms with Gasteiger partial charge < -0.3 is 14.7 Å². The average Bonchev–Trinajstić information content (AvgIpc) is 3.52. The van der Waals surface area contributed by atoms with E-state index in [0.717, 1.165) is 37.1 Å². The lowest BCUT2D eigenvalue weighted by molar-refractivity contribution is 0.0597. The fraction of sp³-hybridized carbons (Fsp3) is 0.333. The highest BCUT2D eigenvalue weighted by Gasteiger charge is 2.35. The fourth-order valence-electron chi connectivity index (χ4n) is 4.77. The van der Waals surface area contributed by atoms with Gasteiger partial charge in [0.2, 0.25) is 0 Å². The summed E-state index contributed by atoms with van der Waals surface area (Å²) in [6.07, 6.45) is 4.70. The molecule has 0 bridgehead atoms. The maximum Gasteiger partial charge on any atom is 0.274 e. The third-order valence-electron chi connectivity index (χ3n) is 6.87. The minimum atomic E-state index is -0.361. The van der Waals surface area contributed by atoms with Gasteiger partial charge in [-0.2, -0.15) is 0 Å². The number of piperidine rings is 1. The van der Waals surface area contributed by atoms with Crippen molar-refractivity contribution < 1.29 is 18.5 Å². The molecule has 6 rings (SSSR count). The van der Waals surface area contributed by atoms with Gasteiger partial charge in [0.15, 0.2) is 11.3 Å². The van der Waals surface area contributed by atoms with Crippen LogP contribution in [0.1, 0.15) is 64.0 Å². The van der Waals surface area contributed by atoms with Gasteiger partial charge in [-0.05, 0) is 50.3 Å². The van der Waals surface area contributed by atoms with Gasteiger partial charge in [-0.25, -0.2) is 9.37 Å². The van der Waals surface area contributed by atoms with Crippen LogP contribution >= 0.6 is 11.3 Å². The van der Waals surface area contributed by atoms with Crippen molar-refractivity contribution >= 4 is 34.1 Å². The number of carbonyl (C=O) groups excluding carboxylic acids is 2. The zero-order valence-corrected chi connectivity index (χ0v) is 20.4. The number of amides is 2. The van der Waals surface area contributed by atoms with E-state index in [1.165, 1.54) is 17.4 Å². The normalized spacial score (nSPS) is 17.9. The molecule has 36 heavy (non-hydrogen) atoms. The van der Waals surface area contributed by atoms with E-state index >= 15 is 0 Å². The number of hydrogen-bond donors (Lipinski definition) is 1. The van der Waals surface area contributed by atoms with Gasteiger partial charge in [-0.1, -0.05) is 35.5 Å². The second-order valence-corrected chi connectivity index (χ2v) is 10.4. The summed E-state index contributed by atoms with van der Waals surface area (Å²) in [5, 5.41) is 8.42. The molecular weight excluding hydrogens is 479 g/mol. The molecule has 2 aliphatic rings. The number of halogens is 1. The summed E-state index contributed by atoms with van der Waals surface area (Å²) in [6, 6.07) is 13.5. The number of hydrogen-bond acceptors (Lipinski definition) is 6. The van der Waals surface area contributed by atoms with Crippen molar-refractivity contribution in [1.82, 2.24) is 20.4 Å². The molecule has 2 amide bonds. The van der Waals surface area contributed by atoms with Crippen LogP contribution in [0, 0.1) is 5.82 Å². The van der Waals surface area contributed by atoms with Gasteiger partial charge in [0.1, 0.15) is 11.5 Å². The van der Waals surface area contributed by atoms with Crippen LogP contribution in [-0.2, 0) is 0 Å². The van der Waals surface area contributed by atoms with Crippen LogP contribution < -0.4 is 5.32 Å². The molecule has 0 unspecified atom stereocenters. The number of nitrogens with zero attached hydrogens (tertiary/aromatic N) is 3. The Morgan fingerprint density at radius 1 is 1.06 bits per heavy atom. The molecule has 9 heteroatoms. The maximum atomic E-state index is 14.7. The summed E-state index contributed by atoms with van der Waals surface area (Å²) in [6.45, 7) is 0.861. The monoisotopic (exact) mass is 504 g/mol. The molecule has 1 saturated carbocycles. The first-order chi connectivity index (χ1) is 17.6. The predicted molar refractivity (Wildman–Crippen MR) is 135 cm³/mol. The average molecular weight is 505 g/mol. The van der Waals surface area contributed by atoms with Crippen molar-refractivity contribution in [2.24, 2.45) is 0 Å². The summed E-state index contributed by atoms with van der Waals surface area (Å²) < 4.78 is 20.0. The van der Waals surface area contributed by atoms with Crippen molar-refractivity contribution in [2.75, 3.05) is 13.1 Å². The molecule has 1 saturated heterocycles. The van der Waals surface area contributed by atoms with Crippen LogP contribution in [0.5, 0.6) is 0 Å². The third-order valence-corrected chi connectivity index (χ3v) is 8.12. The highest BCUT2D eigenvalue weighted by atomic mass is 32.1. The van der Waals surface area contributed by atoms with Gasteiger partial charge in [-0.3, -0.25) is 9.59 Å². The predicted octanol–water partition coefficient (Wildman–Crippen LogP) is 5.39. The number of likely N-dealkylation sites (tertiary alicyclic amines) is 1. The van der Waals surface area contributed by atoms with Crippen LogP contribution in [0.25, 0.3) is 21.4 Å². The fourth-order valence-corrected chi connectivity index (χ4v) is 6.03. The van der Waals surface area contributed by atoms with E-state index in [1.807, 2.05) is 12.1 Å². The molecule has 1 aliphatic heterocycles. The Labute approximate surface area is 211 Å². The first-order valence-corrected chi connectivity index (χ1v) is 13.1. The van der Waals surface area contributed by atoms with Crippen LogP contribution in [0.3, 0.4) is 0 Å². The van der Waals surface area contributed by atoms with E-state index < -0.39 is 0 Å². The van der Waals surface area contributed by atoms with Crippen molar-refractivity contribution in [1.29, 1.82) is 0 Å². The van der Waals surface area contributed by atoms with Crippen LogP contribution in [0.2, 0.25) is 0 Å². The lowest BCUT2D eigenvalue weighted by Gasteiger charge is -2.35. The zero-order valence-electron chi connectivity index (χ0n) is 19.6. The van der Waals surface area contributed by atoms with Crippen molar-refractivity contribution in [3.63, 3.8) is 0 Å². The maximum absolute atomic E-state index is 14.7. The highest BCUT2D eigenvalue weighted by Crippen LogP contribution is 2.45. The number of nitrogens with one attached hydrogen (secondary N) is 1. The summed E-state index contributed by atoms with van der Waals surface area (Å²) in [5.41, 5.74) is 1.50. The molecule has 184 valence electrons. The Morgan fingerprint density at radius 2 is 1.86 bits per heavy atom. The molecule has 2 fully saturated rings. The Kier molecular flexibility index (Phi) is 6.00. The molecule has 1 aliphatic carbocycles. The zero-order chi connectivity index (χ0) is 24.6. The van der Waals surface area contributed by atoms with Gasteiger partial charge in [0.25, 0.3) is 11.8 Å². The minimum Gasteiger partial charge on any atom is -0.355 e. The van der Waals surface area contributed by atoms with Crippen LogP contribution in [-0.4, -0.2) is 46.0 Å². The van der Waals surface area contributed by atoms with Gasteiger partial charge >= 0.3 is 0 Å². The number of thiazole rings is 1. The first kappa shape index (κ1) is 22.8. The minimum absolute atomic E-state index is 0.187. The smallest absolute Gasteiger partial charge is 0.274 e. The quantitative estimate of drug-likeness (QED) is 0.380. The van der Waals surface area contributed by atoms with Gasteiger partial charge in [0, 0.05) is 30.6 Å². The summed E-state index contributed by atoms with van der Waals surface area (Å²) in [5.74, 6) is -0.549. The van der Waals surface area contributed by atoms with Crippen LogP contribution in [0.4, 0.5) is 4.39 Å². The molecule has 2 aromatic carbocycles. The Balaban J connectivity index is 1.24. The van der Waals surface area contributed by atoms with Crippen molar-refractivity contribution in [3.8, 4) is 10.4 Å². The number of para-hydroxylation sites is 1. The first-order valence-electron chi connectivity index (χ1n) is 12.3. The number of aromatic nitrogens is 2. The largest absolute Gasteiger partial charge is 0.355 e. The van der Waals surface area contributed by atoms with Crippen LogP contribution in [0.15, 0.2) is 53.1 Å². The molecule has 1 N–H and O–H groups in total. The van der Waals surface area contributed by atoms with Crippen molar-refractivity contribution in [3.05, 3.63) is 70.7 Å². The molecule has 3 heterocycles. The van der Waals surface area contributed by atoms with Gasteiger partial charge in [-0.15, -0.1) is 11.3 Å². The second kappa shape index (κ2) is 9.46. The molecule has 0 spiro atoms. The molecule has 1 atom stereocenters. The molecule has 7 nitrogen and oxygen atoms in total. The summed E-state index contributed by atoms with van der Waals surface area (Å²) in [4.78, 5) is 33.8. The second-order valence-electron chi connectivity index (χ2n) is 9.37. The Hall–Kier alpha value is -3.59. The number of fused-ring (bicyclic) bond motifs is 1. The summed E-state index contributed by atoms with van der Waals surface area (Å²) >= 11 is 1.42. The van der Waals surface area contributed by atoms with E-state index in [4.69, 9.17) is 9.51 Å². The highest BCUT2D eigenvalue weighted by molar-refractivity contribution is 7.15. The standard InChI is InChI=1S/C27H25FN4O3S/c28-20-10-3-1-8-18(20)24-23(30-26(36-24)16-12-13-16)27(34)32-14-6-5-7-17(32)15-29-25(33)22-19-9-2-4-11-21(19)35-31-22/h1-4,8-11,16-17H,5-7,12-15H2,(H,29,33)/t17-/m0/s1. The Bertz CT molecular complexity index is 1440. The summed E-state index contributed by atoms with van der Waals surface area (Å²) in [7, 11) is 0. The van der Waals surface area contributed by atoms with E-state index in [1.54, 1.807) is 35.2 Å². The van der Waals surface area contributed by atoms with E-state index in [2.05, 4.69) is 10.5 Å². The lowest BCUT2D eigenvalue weighted by atomic mass is 10.0. The number of rotatable bonds is 6. The lowest BCUT2D eigenvalue weighted by Crippen LogP contribution is -2.49. The number of carbonyl (C=O) groups is 2. The number of benzene rings is 2. The Morgan fingerprint density at radius 3 is 2.69 bits per heavy atom. The molecular formula is C27H25FN4O3S. The van der Waals surface area contributed by atoms with E-state index in [9.17, 15) is 14.0 Å². The SMILES string of the molecule is O=C(NC[C@@H]1CCCCN1C(=O)c1nc(C2CC2)sc1-c1ccccc1F)c1noc2ccccc12. The molecule has 0 radical (unpaired) electrons. The molecule has 4 aromatic rings.